The van der Waals surface area contributed by atoms with Crippen molar-refractivity contribution >= 4 is 32.6 Å². The number of aromatic nitrogens is 4. The van der Waals surface area contributed by atoms with Crippen LogP contribution in [-0.4, -0.2) is 19.9 Å². The van der Waals surface area contributed by atoms with Gasteiger partial charge < -0.3 is 4.42 Å². The van der Waals surface area contributed by atoms with Gasteiger partial charge in [0.25, 0.3) is 0 Å². The van der Waals surface area contributed by atoms with Crippen LogP contribution in [0.1, 0.15) is 0 Å². The summed E-state index contributed by atoms with van der Waals surface area (Å²) in [6, 6.07) is 53.5. The Morgan fingerprint density at radius 1 is 0.362 bits per heavy atom. The van der Waals surface area contributed by atoms with Gasteiger partial charge in [0.05, 0.1) is 0 Å². The fraction of sp³-hybridized carbons (Fsp3) is 0. The van der Waals surface area contributed by atoms with Crippen LogP contribution in [-0.2, 0) is 0 Å². The second-order valence-electron chi connectivity index (χ2n) is 11.4. The Kier molecular flexibility index (Phi) is 6.39. The topological polar surface area (TPSA) is 64.7 Å². The highest BCUT2D eigenvalue weighted by atomic mass is 16.3. The van der Waals surface area contributed by atoms with E-state index in [0.717, 1.165) is 66.0 Å². The van der Waals surface area contributed by atoms with Gasteiger partial charge >= 0.3 is 0 Å². The summed E-state index contributed by atoms with van der Waals surface area (Å²) in [6.45, 7) is 0. The van der Waals surface area contributed by atoms with Crippen LogP contribution in [0.25, 0.3) is 89.4 Å². The van der Waals surface area contributed by atoms with Crippen molar-refractivity contribution in [2.45, 2.75) is 0 Å². The molecule has 0 aliphatic rings. The average molecular weight is 603 g/mol. The highest BCUT2D eigenvalue weighted by molar-refractivity contribution is 6.10. The second kappa shape index (κ2) is 11.2. The quantitative estimate of drug-likeness (QED) is 0.196. The van der Waals surface area contributed by atoms with Crippen molar-refractivity contribution in [2.75, 3.05) is 0 Å². The number of para-hydroxylation sites is 2. The van der Waals surface area contributed by atoms with Gasteiger partial charge in [0.15, 0.2) is 23.1 Å². The minimum Gasteiger partial charge on any atom is -0.436 e. The Balaban J connectivity index is 1.32. The van der Waals surface area contributed by atoms with Crippen LogP contribution in [0.15, 0.2) is 162 Å². The lowest BCUT2D eigenvalue weighted by atomic mass is 9.89. The number of nitrogens with zero attached hydrogens (tertiary/aromatic N) is 4. The van der Waals surface area contributed by atoms with Crippen molar-refractivity contribution in [1.29, 1.82) is 0 Å². The lowest BCUT2D eigenvalue weighted by molar-refractivity contribution is 0.620. The van der Waals surface area contributed by atoms with E-state index in [1.807, 2.05) is 84.9 Å². The molecule has 5 nitrogen and oxygen atoms in total. The summed E-state index contributed by atoms with van der Waals surface area (Å²) < 4.78 is 6.23. The van der Waals surface area contributed by atoms with E-state index in [1.54, 1.807) is 0 Å². The zero-order valence-electron chi connectivity index (χ0n) is 25.2. The van der Waals surface area contributed by atoms with Gasteiger partial charge in [-0.15, -0.1) is 0 Å². The molecule has 0 atom stereocenters. The van der Waals surface area contributed by atoms with Crippen LogP contribution in [0.3, 0.4) is 0 Å². The highest BCUT2D eigenvalue weighted by Gasteiger charge is 2.21. The molecule has 0 aliphatic heterocycles. The molecular formula is C42H26N4O. The maximum absolute atomic E-state index is 6.23. The Labute approximate surface area is 270 Å². The number of hydrogen-bond acceptors (Lipinski definition) is 5. The predicted octanol–water partition coefficient (Wildman–Crippen LogP) is 10.7. The average Bonchev–Trinajstić information content (AvgIpc) is 3.59. The maximum Gasteiger partial charge on any atom is 0.227 e. The van der Waals surface area contributed by atoms with Crippen LogP contribution >= 0.6 is 0 Å². The number of hydrogen-bond donors (Lipinski definition) is 0. The summed E-state index contributed by atoms with van der Waals surface area (Å²) in [4.78, 5) is 20.1. The molecule has 0 saturated heterocycles. The Bertz CT molecular complexity index is 2480. The van der Waals surface area contributed by atoms with Crippen molar-refractivity contribution in [3.8, 4) is 56.7 Å². The second-order valence-corrected chi connectivity index (χ2v) is 11.4. The standard InChI is InChI=1S/C42H26N4O/c1-3-14-28(15-4-1)39-44-40(29-16-5-2-6-17-29)46-41(45-39)38-30-18-8-7-13-27(30)23-24-34(38)33-25-26-35(32-20-10-9-19-31(32)33)42-43-36-21-11-12-22-37(36)47-42/h1-26H. The molecule has 0 radical (unpaired) electrons. The predicted molar refractivity (Wildman–Crippen MR) is 190 cm³/mol. The summed E-state index contributed by atoms with van der Waals surface area (Å²) in [7, 11) is 0. The fourth-order valence-electron chi connectivity index (χ4n) is 6.37. The molecule has 0 fully saturated rings. The molecule has 0 N–H and O–H groups in total. The third-order valence-electron chi connectivity index (χ3n) is 8.59. The van der Waals surface area contributed by atoms with E-state index in [-0.39, 0.29) is 0 Å². The van der Waals surface area contributed by atoms with E-state index in [1.165, 1.54) is 0 Å². The lowest BCUT2D eigenvalue weighted by Crippen LogP contribution is -2.02. The molecule has 9 aromatic rings. The van der Waals surface area contributed by atoms with Crippen molar-refractivity contribution in [3.05, 3.63) is 158 Å². The van der Waals surface area contributed by atoms with Crippen LogP contribution < -0.4 is 0 Å². The van der Waals surface area contributed by atoms with Gasteiger partial charge in [-0.1, -0.05) is 140 Å². The van der Waals surface area contributed by atoms with Gasteiger partial charge in [0.2, 0.25) is 5.89 Å². The fourth-order valence-corrected chi connectivity index (χ4v) is 6.37. The van der Waals surface area contributed by atoms with Gasteiger partial charge in [-0.25, -0.2) is 19.9 Å². The Morgan fingerprint density at radius 2 is 0.894 bits per heavy atom. The normalized spacial score (nSPS) is 11.4. The molecule has 0 amide bonds. The number of rotatable bonds is 5. The summed E-state index contributed by atoms with van der Waals surface area (Å²) in [6.07, 6.45) is 0. The van der Waals surface area contributed by atoms with Gasteiger partial charge in [-0.05, 0) is 50.9 Å². The minimum absolute atomic E-state index is 0.602. The van der Waals surface area contributed by atoms with Crippen molar-refractivity contribution < 1.29 is 4.42 Å². The molecule has 5 heteroatoms. The number of oxazole rings is 1. The van der Waals surface area contributed by atoms with E-state index in [4.69, 9.17) is 24.4 Å². The monoisotopic (exact) mass is 602 g/mol. The van der Waals surface area contributed by atoms with Gasteiger partial charge in [0.1, 0.15) is 5.52 Å². The molecule has 7 aromatic carbocycles. The third kappa shape index (κ3) is 4.73. The molecule has 0 spiro atoms. The molecule has 2 heterocycles. The summed E-state index contributed by atoms with van der Waals surface area (Å²) in [5.41, 5.74) is 7.49. The molecular weight excluding hydrogens is 576 g/mol. The van der Waals surface area contributed by atoms with E-state index < -0.39 is 0 Å². The van der Waals surface area contributed by atoms with Gasteiger partial charge in [-0.2, -0.15) is 0 Å². The molecule has 0 unspecified atom stereocenters. The minimum atomic E-state index is 0.602. The summed E-state index contributed by atoms with van der Waals surface area (Å²) in [5.74, 6) is 2.48. The van der Waals surface area contributed by atoms with Crippen molar-refractivity contribution in [1.82, 2.24) is 19.9 Å². The Hall–Kier alpha value is -6.46. The molecule has 9 rings (SSSR count). The first-order valence-corrected chi connectivity index (χ1v) is 15.6. The third-order valence-corrected chi connectivity index (χ3v) is 8.59. The molecule has 0 aliphatic carbocycles. The van der Waals surface area contributed by atoms with E-state index in [2.05, 4.69) is 72.8 Å². The first kappa shape index (κ1) is 26.9. The first-order valence-electron chi connectivity index (χ1n) is 15.6. The van der Waals surface area contributed by atoms with Crippen LogP contribution in [0.5, 0.6) is 0 Å². The summed E-state index contributed by atoms with van der Waals surface area (Å²) in [5, 5.41) is 4.33. The molecule has 47 heavy (non-hydrogen) atoms. The van der Waals surface area contributed by atoms with E-state index in [0.29, 0.717) is 23.4 Å². The Morgan fingerprint density at radius 3 is 1.60 bits per heavy atom. The van der Waals surface area contributed by atoms with Crippen LogP contribution in [0.4, 0.5) is 0 Å². The van der Waals surface area contributed by atoms with Crippen LogP contribution in [0, 0.1) is 0 Å². The largest absolute Gasteiger partial charge is 0.436 e. The zero-order chi connectivity index (χ0) is 31.2. The van der Waals surface area contributed by atoms with Gasteiger partial charge in [-0.3, -0.25) is 0 Å². The van der Waals surface area contributed by atoms with E-state index in [9.17, 15) is 0 Å². The zero-order valence-corrected chi connectivity index (χ0v) is 25.2. The number of benzene rings is 7. The van der Waals surface area contributed by atoms with Crippen LogP contribution in [0.2, 0.25) is 0 Å². The molecule has 2 aromatic heterocycles. The van der Waals surface area contributed by atoms with Crippen molar-refractivity contribution in [3.63, 3.8) is 0 Å². The SMILES string of the molecule is c1ccc(-c2nc(-c3ccccc3)nc(-c3c(-c4ccc(-c5nc6ccccc6o5)c5ccccc45)ccc4ccccc34)n2)cc1. The van der Waals surface area contributed by atoms with Gasteiger partial charge in [0, 0.05) is 22.3 Å². The lowest BCUT2D eigenvalue weighted by Gasteiger charge is -2.17. The van der Waals surface area contributed by atoms with Crippen molar-refractivity contribution in [2.24, 2.45) is 0 Å². The molecule has 0 saturated carbocycles. The first-order chi connectivity index (χ1) is 23.3. The summed E-state index contributed by atoms with van der Waals surface area (Å²) >= 11 is 0. The number of fused-ring (bicyclic) bond motifs is 3. The molecule has 0 bridgehead atoms. The maximum atomic E-state index is 6.23. The smallest absolute Gasteiger partial charge is 0.227 e. The highest BCUT2D eigenvalue weighted by Crippen LogP contribution is 2.42. The van der Waals surface area contributed by atoms with E-state index >= 15 is 0 Å². The molecule has 220 valence electrons.